The molecule has 0 aliphatic carbocycles. The lowest BCUT2D eigenvalue weighted by Crippen LogP contribution is -2.27. The van der Waals surface area contributed by atoms with Crippen LogP contribution >= 0.6 is 0 Å². The second-order valence-electron chi connectivity index (χ2n) is 4.27. The largest absolute Gasteiger partial charge is 0.336 e. The summed E-state index contributed by atoms with van der Waals surface area (Å²) < 4.78 is 0. The molecular weight excluding hydrogens is 240 g/mol. The zero-order valence-electron chi connectivity index (χ0n) is 10.8. The number of carbonyl (C=O) groups excluding carboxylic acids is 1. The van der Waals surface area contributed by atoms with Crippen LogP contribution in [0.25, 0.3) is 0 Å². The third-order valence-corrected chi connectivity index (χ3v) is 2.80. The van der Waals surface area contributed by atoms with Crippen LogP contribution in [0.1, 0.15) is 21.6 Å². The van der Waals surface area contributed by atoms with Gasteiger partial charge in [0, 0.05) is 38.7 Å². The van der Waals surface area contributed by atoms with Crippen LogP contribution in [-0.2, 0) is 13.1 Å². The summed E-state index contributed by atoms with van der Waals surface area (Å²) in [5.74, 6) is -0.111. The molecule has 0 bridgehead atoms. The molecular formula is C14H16N4O. The number of pyridine rings is 2. The number of hydrogen-bond acceptors (Lipinski definition) is 4. The van der Waals surface area contributed by atoms with Gasteiger partial charge in [0.2, 0.25) is 0 Å². The number of carbonyl (C=O) groups is 1. The molecule has 98 valence electrons. The summed E-state index contributed by atoms with van der Waals surface area (Å²) in [6.07, 6.45) is 5.05. The minimum absolute atomic E-state index is 0.111. The highest BCUT2D eigenvalue weighted by Gasteiger charge is 2.13. The maximum Gasteiger partial charge on any atom is 0.272 e. The molecule has 0 unspecified atom stereocenters. The van der Waals surface area contributed by atoms with Crippen molar-refractivity contribution in [2.75, 3.05) is 7.05 Å². The van der Waals surface area contributed by atoms with E-state index in [1.165, 1.54) is 0 Å². The van der Waals surface area contributed by atoms with Gasteiger partial charge in [0.05, 0.1) is 0 Å². The van der Waals surface area contributed by atoms with Gasteiger partial charge >= 0.3 is 0 Å². The monoisotopic (exact) mass is 256 g/mol. The highest BCUT2D eigenvalue weighted by Crippen LogP contribution is 2.07. The standard InChI is InChI=1S/C14H16N4O/c1-18(10-11-4-6-16-7-5-11)14(19)13-3-2-12(8-15)9-17-13/h2-7,9H,8,10,15H2,1H3. The number of aromatic nitrogens is 2. The van der Waals surface area contributed by atoms with Gasteiger partial charge < -0.3 is 10.6 Å². The summed E-state index contributed by atoms with van der Waals surface area (Å²) >= 11 is 0. The van der Waals surface area contributed by atoms with Crippen molar-refractivity contribution >= 4 is 5.91 Å². The van der Waals surface area contributed by atoms with E-state index in [9.17, 15) is 4.79 Å². The first-order chi connectivity index (χ1) is 9.20. The van der Waals surface area contributed by atoms with Crippen LogP contribution in [-0.4, -0.2) is 27.8 Å². The van der Waals surface area contributed by atoms with Crippen LogP contribution in [0.15, 0.2) is 42.9 Å². The topological polar surface area (TPSA) is 72.1 Å². The van der Waals surface area contributed by atoms with E-state index in [0.29, 0.717) is 18.8 Å². The molecule has 0 saturated carbocycles. The zero-order chi connectivity index (χ0) is 13.7. The van der Waals surface area contributed by atoms with E-state index < -0.39 is 0 Å². The van der Waals surface area contributed by atoms with Crippen molar-refractivity contribution in [2.24, 2.45) is 5.73 Å². The predicted octanol–water partition coefficient (Wildman–Crippen LogP) is 1.21. The Balaban J connectivity index is 2.06. The van der Waals surface area contributed by atoms with Gasteiger partial charge in [-0.1, -0.05) is 6.07 Å². The smallest absolute Gasteiger partial charge is 0.272 e. The minimum atomic E-state index is -0.111. The van der Waals surface area contributed by atoms with Crippen molar-refractivity contribution in [1.29, 1.82) is 0 Å². The van der Waals surface area contributed by atoms with Crippen LogP contribution in [0.3, 0.4) is 0 Å². The van der Waals surface area contributed by atoms with E-state index in [-0.39, 0.29) is 5.91 Å². The molecule has 0 saturated heterocycles. The summed E-state index contributed by atoms with van der Waals surface area (Å²) in [6, 6.07) is 7.29. The van der Waals surface area contributed by atoms with Gasteiger partial charge in [-0.3, -0.25) is 14.8 Å². The van der Waals surface area contributed by atoms with Gasteiger partial charge in [-0.25, -0.2) is 0 Å². The maximum absolute atomic E-state index is 12.2. The average Bonchev–Trinajstić information content (AvgIpc) is 2.47. The SMILES string of the molecule is CN(Cc1ccncc1)C(=O)c1ccc(CN)cn1. The lowest BCUT2D eigenvalue weighted by Gasteiger charge is -2.16. The van der Waals surface area contributed by atoms with Gasteiger partial charge in [-0.2, -0.15) is 0 Å². The zero-order valence-corrected chi connectivity index (χ0v) is 10.8. The third kappa shape index (κ3) is 3.35. The summed E-state index contributed by atoms with van der Waals surface area (Å²) in [5, 5.41) is 0. The van der Waals surface area contributed by atoms with Gasteiger partial charge in [-0.05, 0) is 29.3 Å². The normalized spacial score (nSPS) is 10.2. The molecule has 0 aromatic carbocycles. The van der Waals surface area contributed by atoms with E-state index in [4.69, 9.17) is 5.73 Å². The number of rotatable bonds is 4. The molecule has 2 aromatic rings. The lowest BCUT2D eigenvalue weighted by atomic mass is 10.2. The molecule has 2 N–H and O–H groups in total. The van der Waals surface area contributed by atoms with Gasteiger partial charge in [0.1, 0.15) is 5.69 Å². The van der Waals surface area contributed by atoms with Crippen molar-refractivity contribution in [3.8, 4) is 0 Å². The number of hydrogen-bond donors (Lipinski definition) is 1. The molecule has 0 radical (unpaired) electrons. The molecule has 2 heterocycles. The number of nitrogens with two attached hydrogens (primary N) is 1. The Bertz CT molecular complexity index is 539. The van der Waals surface area contributed by atoms with Crippen molar-refractivity contribution in [2.45, 2.75) is 13.1 Å². The Morgan fingerprint density at radius 1 is 1.21 bits per heavy atom. The highest BCUT2D eigenvalue weighted by atomic mass is 16.2. The molecule has 0 aliphatic heterocycles. The van der Waals surface area contributed by atoms with Crippen LogP contribution in [0.2, 0.25) is 0 Å². The fourth-order valence-corrected chi connectivity index (χ4v) is 1.70. The number of nitrogens with zero attached hydrogens (tertiary/aromatic N) is 3. The molecule has 0 fully saturated rings. The lowest BCUT2D eigenvalue weighted by molar-refractivity contribution is 0.0779. The first-order valence-electron chi connectivity index (χ1n) is 6.00. The Morgan fingerprint density at radius 3 is 2.53 bits per heavy atom. The van der Waals surface area contributed by atoms with Crippen LogP contribution in [0.4, 0.5) is 0 Å². The maximum atomic E-state index is 12.2. The third-order valence-electron chi connectivity index (χ3n) is 2.80. The van der Waals surface area contributed by atoms with Gasteiger partial charge in [0.25, 0.3) is 5.91 Å². The van der Waals surface area contributed by atoms with Gasteiger partial charge in [-0.15, -0.1) is 0 Å². The van der Waals surface area contributed by atoms with E-state index in [1.807, 2.05) is 18.2 Å². The second-order valence-corrected chi connectivity index (χ2v) is 4.27. The van der Waals surface area contributed by atoms with Crippen molar-refractivity contribution in [3.63, 3.8) is 0 Å². The van der Waals surface area contributed by atoms with E-state index in [0.717, 1.165) is 11.1 Å². The Kier molecular flexibility index (Phi) is 4.20. The Hall–Kier alpha value is -2.27. The molecule has 2 rings (SSSR count). The first-order valence-corrected chi connectivity index (χ1v) is 6.00. The van der Waals surface area contributed by atoms with Gasteiger partial charge in [0.15, 0.2) is 0 Å². The average molecular weight is 256 g/mol. The van der Waals surface area contributed by atoms with Crippen molar-refractivity contribution < 1.29 is 4.79 Å². The van der Waals surface area contributed by atoms with E-state index >= 15 is 0 Å². The van der Waals surface area contributed by atoms with Crippen molar-refractivity contribution in [3.05, 3.63) is 59.7 Å². The highest BCUT2D eigenvalue weighted by molar-refractivity contribution is 5.92. The Labute approximate surface area is 112 Å². The molecule has 5 heteroatoms. The molecule has 2 aromatic heterocycles. The van der Waals surface area contributed by atoms with Crippen LogP contribution < -0.4 is 5.73 Å². The summed E-state index contributed by atoms with van der Waals surface area (Å²) in [4.78, 5) is 21.9. The molecule has 5 nitrogen and oxygen atoms in total. The second kappa shape index (κ2) is 6.06. The molecule has 0 spiro atoms. The quantitative estimate of drug-likeness (QED) is 0.892. The summed E-state index contributed by atoms with van der Waals surface area (Å²) in [7, 11) is 1.75. The van der Waals surface area contributed by atoms with Crippen molar-refractivity contribution in [1.82, 2.24) is 14.9 Å². The fourth-order valence-electron chi connectivity index (χ4n) is 1.70. The molecule has 19 heavy (non-hydrogen) atoms. The van der Waals surface area contributed by atoms with E-state index in [1.54, 1.807) is 36.6 Å². The predicted molar refractivity (Wildman–Crippen MR) is 72.2 cm³/mol. The Morgan fingerprint density at radius 2 is 1.95 bits per heavy atom. The summed E-state index contributed by atoms with van der Waals surface area (Å²) in [6.45, 7) is 0.954. The number of amides is 1. The summed E-state index contributed by atoms with van der Waals surface area (Å²) in [5.41, 5.74) is 7.86. The molecule has 0 atom stereocenters. The molecule has 1 amide bonds. The minimum Gasteiger partial charge on any atom is -0.336 e. The van der Waals surface area contributed by atoms with Crippen LogP contribution in [0, 0.1) is 0 Å². The molecule has 0 aliphatic rings. The fraction of sp³-hybridized carbons (Fsp3) is 0.214. The van der Waals surface area contributed by atoms with E-state index in [2.05, 4.69) is 9.97 Å². The van der Waals surface area contributed by atoms with Crippen LogP contribution in [0.5, 0.6) is 0 Å². The first kappa shape index (κ1) is 13.2.